The number of rotatable bonds is 10. The van der Waals surface area contributed by atoms with Crippen molar-refractivity contribution in [3.63, 3.8) is 0 Å². The molecule has 1 aliphatic rings. The summed E-state index contributed by atoms with van der Waals surface area (Å²) in [4.78, 5) is 12.9. The van der Waals surface area contributed by atoms with Crippen molar-refractivity contribution < 1.29 is 19.4 Å². The van der Waals surface area contributed by atoms with Crippen molar-refractivity contribution in [2.24, 2.45) is 5.92 Å². The SMILES string of the molecule is CCO[C@H]1OC(C(=O)NCCc2ccccc2)=C[C@@H](c2ccc(I)cc2)[C@H]1CCCO. The number of amides is 1. The van der Waals surface area contributed by atoms with Crippen LogP contribution in [0.15, 0.2) is 66.4 Å². The van der Waals surface area contributed by atoms with Crippen LogP contribution in [-0.4, -0.2) is 37.1 Å². The number of allylic oxidation sites excluding steroid dienone is 1. The minimum Gasteiger partial charge on any atom is -0.459 e. The first-order valence-corrected chi connectivity index (χ1v) is 11.9. The molecule has 0 aliphatic carbocycles. The Morgan fingerprint density at radius 3 is 2.58 bits per heavy atom. The molecular weight excluding hydrogens is 505 g/mol. The number of hydrogen-bond donors (Lipinski definition) is 2. The minimum absolute atomic E-state index is 0.0213. The van der Waals surface area contributed by atoms with Gasteiger partial charge in [-0.2, -0.15) is 0 Å². The molecule has 3 rings (SSSR count). The van der Waals surface area contributed by atoms with Gasteiger partial charge in [0.2, 0.25) is 6.29 Å². The minimum atomic E-state index is -0.527. The van der Waals surface area contributed by atoms with E-state index in [0.29, 0.717) is 25.3 Å². The number of aliphatic hydroxyl groups is 1. The van der Waals surface area contributed by atoms with Gasteiger partial charge in [0.15, 0.2) is 5.76 Å². The zero-order valence-electron chi connectivity index (χ0n) is 17.8. The van der Waals surface area contributed by atoms with Crippen LogP contribution in [0.4, 0.5) is 0 Å². The lowest BCUT2D eigenvalue weighted by atomic mass is 9.80. The van der Waals surface area contributed by atoms with Crippen molar-refractivity contribution in [2.45, 2.75) is 38.4 Å². The van der Waals surface area contributed by atoms with Crippen LogP contribution in [0.5, 0.6) is 0 Å². The van der Waals surface area contributed by atoms with Crippen LogP contribution >= 0.6 is 22.6 Å². The van der Waals surface area contributed by atoms with Gasteiger partial charge < -0.3 is 19.9 Å². The first kappa shape index (κ1) is 23.8. The van der Waals surface area contributed by atoms with Crippen molar-refractivity contribution in [1.29, 1.82) is 0 Å². The molecule has 1 heterocycles. The Hall–Kier alpha value is -1.90. The molecule has 166 valence electrons. The van der Waals surface area contributed by atoms with Gasteiger partial charge in [-0.25, -0.2) is 0 Å². The third-order valence-electron chi connectivity index (χ3n) is 5.43. The van der Waals surface area contributed by atoms with Crippen LogP contribution in [0.3, 0.4) is 0 Å². The molecule has 6 heteroatoms. The van der Waals surface area contributed by atoms with Crippen LogP contribution in [0.2, 0.25) is 0 Å². The first-order chi connectivity index (χ1) is 15.1. The number of halogens is 1. The zero-order valence-corrected chi connectivity index (χ0v) is 20.0. The molecule has 2 N–H and O–H groups in total. The maximum Gasteiger partial charge on any atom is 0.286 e. The summed E-state index contributed by atoms with van der Waals surface area (Å²) in [5, 5.41) is 12.3. The molecule has 5 nitrogen and oxygen atoms in total. The van der Waals surface area contributed by atoms with Crippen LogP contribution in [0, 0.1) is 9.49 Å². The van der Waals surface area contributed by atoms with Gasteiger partial charge in [-0.15, -0.1) is 0 Å². The van der Waals surface area contributed by atoms with Crippen molar-refractivity contribution in [3.8, 4) is 0 Å². The molecule has 0 unspecified atom stereocenters. The predicted octanol–water partition coefficient (Wildman–Crippen LogP) is 4.40. The Morgan fingerprint density at radius 2 is 1.90 bits per heavy atom. The molecule has 3 atom stereocenters. The third kappa shape index (κ3) is 6.79. The molecule has 0 aromatic heterocycles. The van der Waals surface area contributed by atoms with E-state index in [9.17, 15) is 9.90 Å². The largest absolute Gasteiger partial charge is 0.459 e. The van der Waals surface area contributed by atoms with E-state index in [1.807, 2.05) is 43.3 Å². The van der Waals surface area contributed by atoms with Crippen molar-refractivity contribution >= 4 is 28.5 Å². The van der Waals surface area contributed by atoms with Crippen LogP contribution in [0.25, 0.3) is 0 Å². The summed E-state index contributed by atoms with van der Waals surface area (Å²) in [6.07, 6.45) is 3.55. The van der Waals surface area contributed by atoms with E-state index < -0.39 is 6.29 Å². The fraction of sp³-hybridized carbons (Fsp3) is 0.400. The molecule has 0 saturated heterocycles. The summed E-state index contributed by atoms with van der Waals surface area (Å²) in [6.45, 7) is 3.06. The summed E-state index contributed by atoms with van der Waals surface area (Å²) in [7, 11) is 0. The zero-order chi connectivity index (χ0) is 22.1. The summed E-state index contributed by atoms with van der Waals surface area (Å²) < 4.78 is 13.1. The second kappa shape index (κ2) is 12.2. The fourth-order valence-corrected chi connectivity index (χ4v) is 4.24. The smallest absolute Gasteiger partial charge is 0.286 e. The summed E-state index contributed by atoms with van der Waals surface area (Å²) in [6, 6.07) is 18.4. The summed E-state index contributed by atoms with van der Waals surface area (Å²) in [5.74, 6) is 0.0730. The van der Waals surface area contributed by atoms with Crippen molar-refractivity contribution in [3.05, 3.63) is 81.1 Å². The Kier molecular flexibility index (Phi) is 9.36. The Morgan fingerprint density at radius 1 is 1.16 bits per heavy atom. The molecule has 1 amide bonds. The normalized spacial score (nSPS) is 20.6. The van der Waals surface area contributed by atoms with E-state index in [-0.39, 0.29) is 24.3 Å². The number of hydrogen-bond acceptors (Lipinski definition) is 4. The molecule has 0 saturated carbocycles. The van der Waals surface area contributed by atoms with Crippen LogP contribution in [0.1, 0.15) is 36.8 Å². The number of carbonyl (C=O) groups excluding carboxylic acids is 1. The van der Waals surface area contributed by atoms with Gasteiger partial charge in [-0.3, -0.25) is 4.79 Å². The highest BCUT2D eigenvalue weighted by Gasteiger charge is 2.37. The van der Waals surface area contributed by atoms with Gasteiger partial charge in [0.05, 0.1) is 0 Å². The lowest BCUT2D eigenvalue weighted by molar-refractivity contribution is -0.166. The van der Waals surface area contributed by atoms with Gasteiger partial charge in [-0.05, 0) is 78.1 Å². The van der Waals surface area contributed by atoms with Gasteiger partial charge in [0.25, 0.3) is 5.91 Å². The number of carbonyl (C=O) groups is 1. The Balaban J connectivity index is 1.78. The van der Waals surface area contributed by atoms with Gasteiger partial charge in [0.1, 0.15) is 0 Å². The number of aliphatic hydroxyl groups excluding tert-OH is 1. The van der Waals surface area contributed by atoms with Crippen LogP contribution in [-0.2, 0) is 20.7 Å². The highest BCUT2D eigenvalue weighted by atomic mass is 127. The van der Waals surface area contributed by atoms with E-state index in [4.69, 9.17) is 9.47 Å². The molecule has 0 spiro atoms. The van der Waals surface area contributed by atoms with Gasteiger partial charge in [0, 0.05) is 35.2 Å². The maximum atomic E-state index is 12.9. The average molecular weight is 535 g/mol. The molecule has 1 aliphatic heterocycles. The van der Waals surface area contributed by atoms with Crippen molar-refractivity contribution in [2.75, 3.05) is 19.8 Å². The predicted molar refractivity (Wildman–Crippen MR) is 129 cm³/mol. The van der Waals surface area contributed by atoms with E-state index >= 15 is 0 Å². The summed E-state index contributed by atoms with van der Waals surface area (Å²) in [5.41, 5.74) is 2.29. The molecule has 0 radical (unpaired) electrons. The lowest BCUT2D eigenvalue weighted by Gasteiger charge is -2.37. The monoisotopic (exact) mass is 535 g/mol. The number of benzene rings is 2. The lowest BCUT2D eigenvalue weighted by Crippen LogP contribution is -2.39. The Bertz CT molecular complexity index is 854. The van der Waals surface area contributed by atoms with Crippen molar-refractivity contribution in [1.82, 2.24) is 5.32 Å². The van der Waals surface area contributed by atoms with Gasteiger partial charge in [-0.1, -0.05) is 42.5 Å². The molecule has 31 heavy (non-hydrogen) atoms. The molecule has 0 bridgehead atoms. The molecule has 2 aromatic rings. The van der Waals surface area contributed by atoms with Gasteiger partial charge >= 0.3 is 0 Å². The molecule has 2 aromatic carbocycles. The second-order valence-electron chi connectivity index (χ2n) is 7.57. The Labute approximate surface area is 198 Å². The van der Waals surface area contributed by atoms with E-state index in [1.165, 1.54) is 5.56 Å². The highest BCUT2D eigenvalue weighted by molar-refractivity contribution is 14.1. The van der Waals surface area contributed by atoms with Crippen LogP contribution < -0.4 is 5.32 Å². The highest BCUT2D eigenvalue weighted by Crippen LogP contribution is 2.39. The number of nitrogens with one attached hydrogen (secondary N) is 1. The van der Waals surface area contributed by atoms with E-state index in [0.717, 1.165) is 22.0 Å². The average Bonchev–Trinajstić information content (AvgIpc) is 2.79. The molecular formula is C25H30INO4. The van der Waals surface area contributed by atoms with E-state index in [1.54, 1.807) is 0 Å². The third-order valence-corrected chi connectivity index (χ3v) is 6.15. The quantitative estimate of drug-likeness (QED) is 0.443. The van der Waals surface area contributed by atoms with E-state index in [2.05, 4.69) is 52.2 Å². The summed E-state index contributed by atoms with van der Waals surface area (Å²) >= 11 is 2.29. The number of ether oxygens (including phenoxy) is 2. The molecule has 0 fully saturated rings. The second-order valence-corrected chi connectivity index (χ2v) is 8.82. The maximum absolute atomic E-state index is 12.9. The fourth-order valence-electron chi connectivity index (χ4n) is 3.88. The topological polar surface area (TPSA) is 67.8 Å². The first-order valence-electron chi connectivity index (χ1n) is 10.8. The standard InChI is InChI=1S/C25H30INO4/c1-2-30-25-21(9-6-16-28)22(19-10-12-20(26)13-11-19)17-23(31-25)24(29)27-15-14-18-7-4-3-5-8-18/h3-5,7-8,10-13,17,21-22,25,28H,2,6,9,14-16H2,1H3,(H,27,29)/t21-,22+,25+/m1/s1.